The minimum atomic E-state index is -1.89. The van der Waals surface area contributed by atoms with Crippen molar-refractivity contribution in [2.75, 3.05) is 6.16 Å². The molecule has 0 aliphatic rings. The molecule has 0 fully saturated rings. The molecule has 4 heteroatoms. The smallest absolute Gasteiger partial charge is 0.161 e. The summed E-state index contributed by atoms with van der Waals surface area (Å²) in [4.78, 5) is 8.58. The monoisotopic (exact) mass is 289 g/mol. The predicted molar refractivity (Wildman–Crippen MR) is 66.5 cm³/mol. The first kappa shape index (κ1) is 18.9. The maximum atomic E-state index is 10.4. The number of rotatable bonds is 11. The molecular formula is C12H26FeO2P+. The number of unbranched alkanes of at least 4 members (excludes halogenated alkanes) is 9. The van der Waals surface area contributed by atoms with E-state index in [1.54, 1.807) is 0 Å². The van der Waals surface area contributed by atoms with E-state index in [0.29, 0.717) is 6.16 Å². The van der Waals surface area contributed by atoms with Crippen molar-refractivity contribution in [1.82, 2.24) is 0 Å². The van der Waals surface area contributed by atoms with Crippen molar-refractivity contribution in [3.05, 3.63) is 0 Å². The van der Waals surface area contributed by atoms with Gasteiger partial charge in [-0.2, -0.15) is 4.89 Å². The van der Waals surface area contributed by atoms with Crippen LogP contribution in [0.4, 0.5) is 0 Å². The Hall–Kier alpha value is 0.579. The van der Waals surface area contributed by atoms with E-state index in [4.69, 9.17) is 4.89 Å². The van der Waals surface area contributed by atoms with Gasteiger partial charge in [-0.25, -0.2) is 0 Å². The van der Waals surface area contributed by atoms with Gasteiger partial charge < -0.3 is 0 Å². The predicted octanol–water partition coefficient (Wildman–Crippen LogP) is 4.64. The molecule has 0 aromatic rings. The van der Waals surface area contributed by atoms with E-state index in [1.807, 2.05) is 0 Å². The van der Waals surface area contributed by atoms with E-state index in [2.05, 4.69) is 6.92 Å². The van der Waals surface area contributed by atoms with E-state index in [0.717, 1.165) is 12.8 Å². The fourth-order valence-electron chi connectivity index (χ4n) is 1.73. The Balaban J connectivity index is 0. The average Bonchev–Trinajstić information content (AvgIpc) is 2.20. The van der Waals surface area contributed by atoms with E-state index >= 15 is 0 Å². The van der Waals surface area contributed by atoms with E-state index in [1.165, 1.54) is 51.4 Å². The van der Waals surface area contributed by atoms with Crippen LogP contribution in [0.5, 0.6) is 0 Å². The van der Waals surface area contributed by atoms with Crippen LogP contribution in [-0.4, -0.2) is 11.1 Å². The average molecular weight is 289 g/mol. The molecule has 0 bridgehead atoms. The third-order valence-electron chi connectivity index (χ3n) is 2.70. The molecule has 0 amide bonds. The van der Waals surface area contributed by atoms with Gasteiger partial charge in [-0.15, -0.1) is 0 Å². The van der Waals surface area contributed by atoms with Crippen LogP contribution in [0.3, 0.4) is 0 Å². The summed E-state index contributed by atoms with van der Waals surface area (Å²) in [5.41, 5.74) is 0. The molecule has 0 spiro atoms. The molecule has 1 atom stereocenters. The Kier molecular flexibility index (Phi) is 18.4. The molecule has 1 unspecified atom stereocenters. The first-order valence-electron chi connectivity index (χ1n) is 6.41. The minimum Gasteiger partial charge on any atom is -0.161 e. The van der Waals surface area contributed by atoms with Crippen molar-refractivity contribution < 1.29 is 26.5 Å². The third kappa shape index (κ3) is 17.0. The summed E-state index contributed by atoms with van der Waals surface area (Å²) in [5, 5.41) is 0. The summed E-state index contributed by atoms with van der Waals surface area (Å²) in [7, 11) is -1.89. The Morgan fingerprint density at radius 3 is 1.56 bits per heavy atom. The van der Waals surface area contributed by atoms with Gasteiger partial charge in [0.25, 0.3) is 0 Å². The molecule has 0 aliphatic heterocycles. The molecule has 1 N–H and O–H groups in total. The Morgan fingerprint density at radius 1 is 0.812 bits per heavy atom. The zero-order chi connectivity index (χ0) is 11.4. The van der Waals surface area contributed by atoms with Crippen LogP contribution in [0.1, 0.15) is 71.1 Å². The van der Waals surface area contributed by atoms with Crippen LogP contribution in [-0.2, 0) is 21.6 Å². The van der Waals surface area contributed by atoms with Crippen LogP contribution in [0.15, 0.2) is 0 Å². The molecule has 16 heavy (non-hydrogen) atoms. The minimum absolute atomic E-state index is 0. The quantitative estimate of drug-likeness (QED) is 0.342. The summed E-state index contributed by atoms with van der Waals surface area (Å²) in [5.74, 6) is 0. The number of hydrogen-bond donors (Lipinski definition) is 1. The number of hydrogen-bond acceptors (Lipinski definition) is 1. The van der Waals surface area contributed by atoms with Crippen LogP contribution >= 0.6 is 8.03 Å². The fraction of sp³-hybridized carbons (Fsp3) is 1.00. The SMILES string of the molecule is CCCCCCCCCCCC[P+](=O)O.[Fe]. The van der Waals surface area contributed by atoms with E-state index in [-0.39, 0.29) is 17.1 Å². The van der Waals surface area contributed by atoms with Crippen molar-refractivity contribution >= 4 is 8.03 Å². The maximum absolute atomic E-state index is 10.4. The maximum Gasteiger partial charge on any atom is 0.505 e. The van der Waals surface area contributed by atoms with Crippen LogP contribution < -0.4 is 0 Å². The largest absolute Gasteiger partial charge is 0.505 e. The molecule has 0 aromatic heterocycles. The van der Waals surface area contributed by atoms with Crippen LogP contribution in [0.2, 0.25) is 0 Å². The molecule has 0 heterocycles. The van der Waals surface area contributed by atoms with Crippen LogP contribution in [0, 0.1) is 0 Å². The van der Waals surface area contributed by atoms with Gasteiger partial charge in [0.1, 0.15) is 0 Å². The van der Waals surface area contributed by atoms with Crippen molar-refractivity contribution in [2.45, 2.75) is 71.1 Å². The van der Waals surface area contributed by atoms with E-state index < -0.39 is 8.03 Å². The third-order valence-corrected chi connectivity index (χ3v) is 3.40. The normalized spacial score (nSPS) is 11.0. The topological polar surface area (TPSA) is 37.3 Å². The van der Waals surface area contributed by atoms with Gasteiger partial charge in [0.2, 0.25) is 0 Å². The van der Waals surface area contributed by atoms with Gasteiger partial charge in [0.05, 0.1) is 0 Å². The van der Waals surface area contributed by atoms with Crippen molar-refractivity contribution in [2.24, 2.45) is 0 Å². The van der Waals surface area contributed by atoms with Gasteiger partial charge in [0.15, 0.2) is 6.16 Å². The molecule has 2 nitrogen and oxygen atoms in total. The summed E-state index contributed by atoms with van der Waals surface area (Å²) in [6.45, 7) is 2.24. The molecule has 0 saturated heterocycles. The molecule has 0 aliphatic carbocycles. The Bertz CT molecular complexity index is 154. The first-order valence-corrected chi connectivity index (χ1v) is 7.80. The summed E-state index contributed by atoms with van der Waals surface area (Å²) in [6.07, 6.45) is 13.2. The first-order chi connectivity index (χ1) is 7.27. The summed E-state index contributed by atoms with van der Waals surface area (Å²) < 4.78 is 10.4. The van der Waals surface area contributed by atoms with Crippen molar-refractivity contribution in [3.63, 3.8) is 0 Å². The van der Waals surface area contributed by atoms with Crippen molar-refractivity contribution in [3.8, 4) is 0 Å². The Labute approximate surface area is 112 Å². The molecule has 0 rings (SSSR count). The molecule has 0 radical (unpaired) electrons. The van der Waals surface area contributed by atoms with Gasteiger partial charge in [-0.05, 0) is 17.4 Å². The Morgan fingerprint density at radius 2 is 1.19 bits per heavy atom. The molecule has 0 saturated carbocycles. The summed E-state index contributed by atoms with van der Waals surface area (Å²) >= 11 is 0. The van der Waals surface area contributed by atoms with Gasteiger partial charge in [0, 0.05) is 17.1 Å². The summed E-state index contributed by atoms with van der Waals surface area (Å²) in [6, 6.07) is 0. The fourth-order valence-corrected chi connectivity index (χ4v) is 2.23. The second-order valence-electron chi connectivity index (χ2n) is 4.26. The standard InChI is InChI=1S/C12H25O2P.Fe/c1-2-3-4-5-6-7-8-9-10-11-12-15(13)14;/h2-12H2,1H3;/p+1. The van der Waals surface area contributed by atoms with Gasteiger partial charge in [-0.3, -0.25) is 0 Å². The molecular weight excluding hydrogens is 263 g/mol. The molecule has 98 valence electrons. The van der Waals surface area contributed by atoms with Crippen LogP contribution in [0.25, 0.3) is 0 Å². The second kappa shape index (κ2) is 15.6. The van der Waals surface area contributed by atoms with E-state index in [9.17, 15) is 4.57 Å². The van der Waals surface area contributed by atoms with Crippen molar-refractivity contribution in [1.29, 1.82) is 0 Å². The molecule has 0 aromatic carbocycles. The zero-order valence-corrected chi connectivity index (χ0v) is 12.4. The van der Waals surface area contributed by atoms with Gasteiger partial charge >= 0.3 is 8.03 Å². The van der Waals surface area contributed by atoms with Gasteiger partial charge in [-0.1, -0.05) is 58.3 Å². The second-order valence-corrected chi connectivity index (χ2v) is 5.41. The zero-order valence-electron chi connectivity index (χ0n) is 10.4.